The van der Waals surface area contributed by atoms with E-state index in [9.17, 15) is 0 Å². The van der Waals surface area contributed by atoms with Crippen LogP contribution in [0.2, 0.25) is 0 Å². The van der Waals surface area contributed by atoms with Gasteiger partial charge in [0.1, 0.15) is 5.75 Å². The van der Waals surface area contributed by atoms with Crippen LogP contribution in [0, 0.1) is 0 Å². The molecule has 19 heavy (non-hydrogen) atoms. The fourth-order valence-electron chi connectivity index (χ4n) is 1.71. The number of hydrogen-bond donors (Lipinski definition) is 1. The van der Waals surface area contributed by atoms with E-state index in [1.165, 1.54) is 0 Å². The van der Waals surface area contributed by atoms with E-state index in [0.717, 1.165) is 18.4 Å². The normalized spacial score (nSPS) is 10.6. The molecule has 0 radical (unpaired) electrons. The van der Waals surface area contributed by atoms with Gasteiger partial charge in [-0.3, -0.25) is 0 Å². The first-order chi connectivity index (χ1) is 9.24. The van der Waals surface area contributed by atoms with Crippen LogP contribution >= 0.6 is 0 Å². The molecule has 2 rings (SSSR count). The first kappa shape index (κ1) is 13.4. The molecule has 0 fully saturated rings. The molecule has 6 nitrogen and oxygen atoms in total. The lowest BCUT2D eigenvalue weighted by Gasteiger charge is -2.04. The van der Waals surface area contributed by atoms with Gasteiger partial charge in [0.15, 0.2) is 5.82 Å². The molecule has 0 saturated carbocycles. The van der Waals surface area contributed by atoms with Crippen LogP contribution in [0.5, 0.6) is 5.75 Å². The topological polar surface area (TPSA) is 83.4 Å². The number of nitrogen functional groups attached to an aromatic ring is 1. The van der Waals surface area contributed by atoms with Crippen molar-refractivity contribution in [1.29, 1.82) is 0 Å². The summed E-state index contributed by atoms with van der Waals surface area (Å²) in [5.41, 5.74) is 7.17. The summed E-state index contributed by atoms with van der Waals surface area (Å²) in [6.07, 6.45) is 1.59. The number of benzene rings is 1. The minimum absolute atomic E-state index is 0.460. The van der Waals surface area contributed by atoms with Gasteiger partial charge in [0, 0.05) is 25.7 Å². The van der Waals surface area contributed by atoms with Crippen LogP contribution in [0.3, 0.4) is 0 Å². The summed E-state index contributed by atoms with van der Waals surface area (Å²) in [6.45, 7) is 0.680. The third-order valence-corrected chi connectivity index (χ3v) is 2.69. The lowest BCUT2D eigenvalue weighted by molar-refractivity contribution is 0.194. The van der Waals surface area contributed by atoms with Gasteiger partial charge >= 0.3 is 0 Å². The van der Waals surface area contributed by atoms with E-state index >= 15 is 0 Å². The van der Waals surface area contributed by atoms with E-state index in [1.807, 2.05) is 6.07 Å². The van der Waals surface area contributed by atoms with Crippen LogP contribution in [0.1, 0.15) is 12.2 Å². The fraction of sp³-hybridized carbons (Fsp3) is 0.385. The van der Waals surface area contributed by atoms with Crippen molar-refractivity contribution >= 4 is 5.69 Å². The molecule has 102 valence electrons. The van der Waals surface area contributed by atoms with E-state index < -0.39 is 0 Å². The Kier molecular flexibility index (Phi) is 4.35. The number of rotatable bonds is 6. The molecule has 0 spiro atoms. The Morgan fingerprint density at radius 1 is 1.32 bits per heavy atom. The lowest BCUT2D eigenvalue weighted by Crippen LogP contribution is -1.94. The number of hydrogen-bond acceptors (Lipinski definition) is 6. The summed E-state index contributed by atoms with van der Waals surface area (Å²) in [6, 6.07) is 5.37. The largest absolute Gasteiger partial charge is 0.495 e. The van der Waals surface area contributed by atoms with Gasteiger partial charge in [0.2, 0.25) is 0 Å². The molecule has 1 aromatic heterocycles. The Morgan fingerprint density at radius 2 is 2.16 bits per heavy atom. The molecule has 2 aromatic rings. The Morgan fingerprint density at radius 3 is 2.84 bits per heavy atom. The lowest BCUT2D eigenvalue weighted by atomic mass is 10.2. The molecule has 0 saturated heterocycles. The van der Waals surface area contributed by atoms with E-state index in [2.05, 4.69) is 10.1 Å². The van der Waals surface area contributed by atoms with E-state index in [1.54, 1.807) is 26.4 Å². The third-order valence-electron chi connectivity index (χ3n) is 2.69. The summed E-state index contributed by atoms with van der Waals surface area (Å²) in [7, 11) is 3.24. The molecule has 0 unspecified atom stereocenters. The molecule has 0 aliphatic rings. The number of ether oxygens (including phenoxy) is 2. The monoisotopic (exact) mass is 263 g/mol. The number of aryl methyl sites for hydroxylation is 1. The SMILES string of the molecule is COCCCc1noc(-c2ccc(OC)c(N)c2)n1. The summed E-state index contributed by atoms with van der Waals surface area (Å²) in [5.74, 6) is 1.76. The van der Waals surface area contributed by atoms with E-state index in [4.69, 9.17) is 19.7 Å². The molecular formula is C13H17N3O3. The first-order valence-corrected chi connectivity index (χ1v) is 6.00. The van der Waals surface area contributed by atoms with Gasteiger partial charge < -0.3 is 19.7 Å². The van der Waals surface area contributed by atoms with Crippen LogP contribution in [0.25, 0.3) is 11.5 Å². The molecule has 1 aromatic carbocycles. The second-order valence-corrected chi connectivity index (χ2v) is 4.07. The molecule has 1 heterocycles. The fourth-order valence-corrected chi connectivity index (χ4v) is 1.71. The molecule has 0 aliphatic carbocycles. The van der Waals surface area contributed by atoms with Crippen molar-refractivity contribution in [3.8, 4) is 17.2 Å². The van der Waals surface area contributed by atoms with Crippen molar-refractivity contribution in [2.75, 3.05) is 26.6 Å². The Labute approximate surface area is 111 Å². The van der Waals surface area contributed by atoms with Gasteiger partial charge in [0.05, 0.1) is 12.8 Å². The molecule has 0 bridgehead atoms. The zero-order valence-electron chi connectivity index (χ0n) is 11.0. The summed E-state index contributed by atoms with van der Waals surface area (Å²) in [5, 5.41) is 3.92. The average molecular weight is 263 g/mol. The predicted octanol–water partition coefficient (Wildman–Crippen LogP) is 1.91. The smallest absolute Gasteiger partial charge is 0.257 e. The second kappa shape index (κ2) is 6.19. The quantitative estimate of drug-likeness (QED) is 0.633. The first-order valence-electron chi connectivity index (χ1n) is 6.00. The van der Waals surface area contributed by atoms with Crippen molar-refractivity contribution in [3.05, 3.63) is 24.0 Å². The molecule has 0 atom stereocenters. The molecule has 0 aliphatic heterocycles. The number of nitrogens with two attached hydrogens (primary N) is 1. The van der Waals surface area contributed by atoms with Crippen LogP contribution in [-0.4, -0.2) is 31.0 Å². The summed E-state index contributed by atoms with van der Waals surface area (Å²) >= 11 is 0. The molecule has 2 N–H and O–H groups in total. The van der Waals surface area contributed by atoms with Crippen LogP contribution in [0.4, 0.5) is 5.69 Å². The maximum Gasteiger partial charge on any atom is 0.257 e. The minimum atomic E-state index is 0.460. The second-order valence-electron chi connectivity index (χ2n) is 4.07. The standard InChI is InChI=1S/C13H17N3O3/c1-17-7-3-4-12-15-13(19-16-12)9-5-6-11(18-2)10(14)8-9/h5-6,8H,3-4,7,14H2,1-2H3. The maximum atomic E-state index is 5.84. The Hall–Kier alpha value is -2.08. The van der Waals surface area contributed by atoms with Gasteiger partial charge in [-0.1, -0.05) is 5.16 Å². The van der Waals surface area contributed by atoms with Crippen molar-refractivity contribution in [1.82, 2.24) is 10.1 Å². The van der Waals surface area contributed by atoms with Gasteiger partial charge in [0.25, 0.3) is 5.89 Å². The van der Waals surface area contributed by atoms with Crippen LogP contribution < -0.4 is 10.5 Å². The van der Waals surface area contributed by atoms with Crippen molar-refractivity contribution in [2.24, 2.45) is 0 Å². The van der Waals surface area contributed by atoms with Crippen molar-refractivity contribution < 1.29 is 14.0 Å². The van der Waals surface area contributed by atoms with Gasteiger partial charge in [-0.25, -0.2) is 0 Å². The highest BCUT2D eigenvalue weighted by Crippen LogP contribution is 2.27. The van der Waals surface area contributed by atoms with Crippen molar-refractivity contribution in [3.63, 3.8) is 0 Å². The number of nitrogens with zero attached hydrogens (tertiary/aromatic N) is 2. The van der Waals surface area contributed by atoms with Crippen LogP contribution in [0.15, 0.2) is 22.7 Å². The maximum absolute atomic E-state index is 5.84. The van der Waals surface area contributed by atoms with Crippen LogP contribution in [-0.2, 0) is 11.2 Å². The zero-order chi connectivity index (χ0) is 13.7. The Balaban J connectivity index is 2.11. The summed E-state index contributed by atoms with van der Waals surface area (Å²) < 4.78 is 15.3. The van der Waals surface area contributed by atoms with Gasteiger partial charge in [-0.05, 0) is 24.6 Å². The summed E-state index contributed by atoms with van der Waals surface area (Å²) in [4.78, 5) is 4.32. The highest BCUT2D eigenvalue weighted by atomic mass is 16.5. The highest BCUT2D eigenvalue weighted by Gasteiger charge is 2.10. The van der Waals surface area contributed by atoms with E-state index in [-0.39, 0.29) is 0 Å². The Bertz CT molecular complexity index is 540. The number of anilines is 1. The van der Waals surface area contributed by atoms with Gasteiger partial charge in [-0.15, -0.1) is 0 Å². The zero-order valence-corrected chi connectivity index (χ0v) is 11.0. The number of methoxy groups -OCH3 is 2. The minimum Gasteiger partial charge on any atom is -0.495 e. The third kappa shape index (κ3) is 3.23. The van der Waals surface area contributed by atoms with E-state index in [0.29, 0.717) is 29.8 Å². The highest BCUT2D eigenvalue weighted by molar-refractivity contribution is 5.65. The molecular weight excluding hydrogens is 246 g/mol. The number of aromatic nitrogens is 2. The average Bonchev–Trinajstić information content (AvgIpc) is 2.88. The van der Waals surface area contributed by atoms with Crippen molar-refractivity contribution in [2.45, 2.75) is 12.8 Å². The molecule has 6 heteroatoms. The van der Waals surface area contributed by atoms with Gasteiger partial charge in [-0.2, -0.15) is 4.98 Å². The molecule has 0 amide bonds. The predicted molar refractivity (Wildman–Crippen MR) is 70.9 cm³/mol.